The zero-order valence-corrected chi connectivity index (χ0v) is 25.4. The number of aliphatic hydroxyl groups is 1. The molecule has 1 aliphatic rings. The molecule has 1 amide bonds. The molecule has 5 rings (SSSR count). The van der Waals surface area contributed by atoms with E-state index in [4.69, 9.17) is 0 Å². The summed E-state index contributed by atoms with van der Waals surface area (Å²) >= 11 is 0. The Balaban J connectivity index is 0.00000480. The first kappa shape index (κ1) is 34.6. The number of carboxylic acids is 1. The first-order valence-corrected chi connectivity index (χ1v) is 14.5. The van der Waals surface area contributed by atoms with Gasteiger partial charge in [0.1, 0.15) is 6.10 Å². The number of carbonyl (C=O) groups excluding carboxylic acids is 1. The number of hydrogen-bond acceptors (Lipinski definition) is 5. The summed E-state index contributed by atoms with van der Waals surface area (Å²) in [7, 11) is 0. The molecule has 4 aromatic rings. The number of benzene rings is 4. The van der Waals surface area contributed by atoms with Gasteiger partial charge in [-0.2, -0.15) is 13.2 Å². The fourth-order valence-electron chi connectivity index (χ4n) is 5.56. The third kappa shape index (κ3) is 8.09. The van der Waals surface area contributed by atoms with E-state index < -0.39 is 41.5 Å². The number of likely N-dealkylation sites (tertiary alicyclic amines) is 1. The van der Waals surface area contributed by atoms with Crippen molar-refractivity contribution in [1.29, 1.82) is 0 Å². The van der Waals surface area contributed by atoms with E-state index in [0.717, 1.165) is 36.7 Å². The van der Waals surface area contributed by atoms with E-state index in [1.165, 1.54) is 6.07 Å². The van der Waals surface area contributed by atoms with Crippen molar-refractivity contribution in [3.63, 3.8) is 0 Å². The van der Waals surface area contributed by atoms with Crippen LogP contribution in [0.5, 0.6) is 0 Å². The molecule has 3 atom stereocenters. The summed E-state index contributed by atoms with van der Waals surface area (Å²) < 4.78 is 41.3. The fraction of sp³-hybridized carbons (Fsp3) is 0.229. The minimum Gasteiger partial charge on any atom is -0.625 e. The van der Waals surface area contributed by atoms with E-state index in [2.05, 4.69) is 15.2 Å². The van der Waals surface area contributed by atoms with Crippen molar-refractivity contribution in [2.45, 2.75) is 43.8 Å². The molecule has 1 heterocycles. The van der Waals surface area contributed by atoms with E-state index in [9.17, 15) is 33.0 Å². The maximum atomic E-state index is 13.8. The molecule has 1 aliphatic heterocycles. The molecule has 0 aromatic heterocycles. The molecule has 0 saturated carbocycles. The molecule has 242 valence electrons. The van der Waals surface area contributed by atoms with Crippen molar-refractivity contribution >= 4 is 23.3 Å². The topological polar surface area (TPSA) is 104 Å². The van der Waals surface area contributed by atoms with Crippen LogP contribution < -0.4 is 0 Å². The van der Waals surface area contributed by atoms with Crippen LogP contribution in [0.3, 0.4) is 0 Å². The third-order valence-corrected chi connectivity index (χ3v) is 7.72. The van der Waals surface area contributed by atoms with E-state index in [0.29, 0.717) is 24.1 Å². The number of alkyl halides is 3. The Morgan fingerprint density at radius 3 is 2.17 bits per heavy atom. The number of carboxylic acid groups (broad SMARTS) is 1. The minimum absolute atomic E-state index is 0. The molecule has 11 heteroatoms. The second kappa shape index (κ2) is 15.3. The summed E-state index contributed by atoms with van der Waals surface area (Å²) in [6.07, 6.45) is -5.50. The largest absolute Gasteiger partial charge is 0.625 e. The monoisotopic (exact) mass is 672 g/mol. The van der Waals surface area contributed by atoms with Gasteiger partial charge in [-0.15, -0.1) is 5.69 Å². The number of halogens is 3. The van der Waals surface area contributed by atoms with Crippen LogP contribution in [0.2, 0.25) is 0 Å². The maximum absolute atomic E-state index is 13.8. The quantitative estimate of drug-likeness (QED) is 0.141. The SMILES string of the molecule is O=C(O)[C@H](N=C(c1ccccc1)c1ccccc1[N-]C(=O)[C@@H]1CCCN1Cc1ccccc1)[C@@H](O)c1ccccc1C(F)(F)F.[Ni]. The van der Waals surface area contributed by atoms with Crippen LogP contribution in [0.15, 0.2) is 114 Å². The number of aliphatic hydroxyl groups excluding tert-OH is 1. The van der Waals surface area contributed by atoms with E-state index in [1.807, 2.05) is 30.3 Å². The average molecular weight is 673 g/mol. The number of rotatable bonds is 10. The molecule has 0 bridgehead atoms. The van der Waals surface area contributed by atoms with Gasteiger partial charge in [0, 0.05) is 28.6 Å². The second-order valence-corrected chi connectivity index (χ2v) is 10.7. The van der Waals surface area contributed by atoms with Crippen molar-refractivity contribution in [3.05, 3.63) is 142 Å². The number of nitrogens with zero attached hydrogens (tertiary/aromatic N) is 3. The number of carbonyl (C=O) groups is 2. The van der Waals surface area contributed by atoms with E-state index >= 15 is 0 Å². The van der Waals surface area contributed by atoms with E-state index in [1.54, 1.807) is 54.6 Å². The summed E-state index contributed by atoms with van der Waals surface area (Å²) in [4.78, 5) is 32.5. The van der Waals surface area contributed by atoms with Crippen LogP contribution >= 0.6 is 0 Å². The Bertz CT molecular complexity index is 1670. The van der Waals surface area contributed by atoms with Gasteiger partial charge in [-0.3, -0.25) is 9.89 Å². The fourth-order valence-corrected chi connectivity index (χ4v) is 5.56. The first-order chi connectivity index (χ1) is 21.6. The molecule has 1 fully saturated rings. The summed E-state index contributed by atoms with van der Waals surface area (Å²) in [6, 6.07) is 26.6. The van der Waals surface area contributed by atoms with Crippen LogP contribution in [0.4, 0.5) is 18.9 Å². The Morgan fingerprint density at radius 1 is 0.891 bits per heavy atom. The van der Waals surface area contributed by atoms with Crippen LogP contribution in [-0.2, 0) is 38.8 Å². The molecule has 0 aliphatic carbocycles. The van der Waals surface area contributed by atoms with Gasteiger partial charge in [0.15, 0.2) is 6.04 Å². The molecule has 1 saturated heterocycles. The molecule has 0 unspecified atom stereocenters. The van der Waals surface area contributed by atoms with Crippen LogP contribution in [0.1, 0.15) is 46.8 Å². The van der Waals surface area contributed by atoms with E-state index in [-0.39, 0.29) is 33.8 Å². The second-order valence-electron chi connectivity index (χ2n) is 10.7. The normalized spacial score (nSPS) is 16.7. The molecular weight excluding hydrogens is 642 g/mol. The zero-order valence-electron chi connectivity index (χ0n) is 24.5. The number of hydrogen-bond donors (Lipinski definition) is 2. The van der Waals surface area contributed by atoms with Gasteiger partial charge in [-0.25, -0.2) is 4.79 Å². The molecular formula is C35H31F3N3NiO4-. The smallest absolute Gasteiger partial charge is 0.416 e. The Morgan fingerprint density at radius 2 is 1.50 bits per heavy atom. The number of aliphatic imine (C=N–C) groups is 1. The van der Waals surface area contributed by atoms with Gasteiger partial charge in [0.2, 0.25) is 0 Å². The van der Waals surface area contributed by atoms with Crippen molar-refractivity contribution < 1.29 is 49.5 Å². The molecule has 0 spiro atoms. The number of aliphatic carboxylic acids is 1. The predicted octanol–water partition coefficient (Wildman–Crippen LogP) is 6.92. The predicted molar refractivity (Wildman–Crippen MR) is 164 cm³/mol. The van der Waals surface area contributed by atoms with Gasteiger partial charge in [-0.1, -0.05) is 103 Å². The third-order valence-electron chi connectivity index (χ3n) is 7.72. The van der Waals surface area contributed by atoms with Gasteiger partial charge >= 0.3 is 12.1 Å². The summed E-state index contributed by atoms with van der Waals surface area (Å²) in [5.41, 5.74) is 0.326. The van der Waals surface area contributed by atoms with Crippen LogP contribution in [-0.4, -0.2) is 51.3 Å². The van der Waals surface area contributed by atoms with Gasteiger partial charge in [-0.05, 0) is 42.1 Å². The summed E-state index contributed by atoms with van der Waals surface area (Å²) in [5, 5.41) is 25.7. The Hall–Kier alpha value is -4.31. The Labute approximate surface area is 274 Å². The molecule has 7 nitrogen and oxygen atoms in total. The van der Waals surface area contributed by atoms with Crippen LogP contribution in [0, 0.1) is 0 Å². The van der Waals surface area contributed by atoms with Crippen molar-refractivity contribution in [3.8, 4) is 0 Å². The van der Waals surface area contributed by atoms with Crippen molar-refractivity contribution in [2.75, 3.05) is 6.54 Å². The van der Waals surface area contributed by atoms with Gasteiger partial charge in [0.05, 0.1) is 23.2 Å². The number of para-hydroxylation sites is 1. The summed E-state index contributed by atoms with van der Waals surface area (Å²) in [6.45, 7) is 1.32. The van der Waals surface area contributed by atoms with Crippen molar-refractivity contribution in [2.24, 2.45) is 4.99 Å². The molecule has 46 heavy (non-hydrogen) atoms. The Kier molecular flexibility index (Phi) is 11.5. The van der Waals surface area contributed by atoms with Crippen molar-refractivity contribution in [1.82, 2.24) is 4.90 Å². The first-order valence-electron chi connectivity index (χ1n) is 14.5. The minimum atomic E-state index is -4.83. The molecule has 0 radical (unpaired) electrons. The van der Waals surface area contributed by atoms with Gasteiger partial charge in [0.25, 0.3) is 0 Å². The van der Waals surface area contributed by atoms with Crippen LogP contribution in [0.25, 0.3) is 5.32 Å². The summed E-state index contributed by atoms with van der Waals surface area (Å²) in [5.74, 6) is -1.99. The average Bonchev–Trinajstić information content (AvgIpc) is 3.50. The maximum Gasteiger partial charge on any atom is 0.416 e. The standard InChI is InChI=1S/C35H32F3N3O4.Ni/c36-35(37,38)27-18-9-7-16-25(27)32(42)31(34(44)45)40-30(24-14-5-2-6-15-24)26-17-8-10-19-28(26)39-33(43)29-20-11-21-41(29)22-23-12-3-1-4-13-23;/h1-10,12-19,29,31-32,42H,11,20-22H2,(H2,39,40,43,44,45);/p-1/t29-,31+,32-;/m0./s1. The van der Waals surface area contributed by atoms with Gasteiger partial charge < -0.3 is 20.3 Å². The molecule has 4 aromatic carbocycles. The number of amides is 1. The molecule has 2 N–H and O–H groups in total. The zero-order chi connectivity index (χ0) is 32.0.